The van der Waals surface area contributed by atoms with E-state index in [9.17, 15) is 14.7 Å². The molecule has 0 radical (unpaired) electrons. The van der Waals surface area contributed by atoms with Crippen LogP contribution in [-0.4, -0.2) is 44.3 Å². The fourth-order valence-electron chi connectivity index (χ4n) is 3.04. The van der Waals surface area contributed by atoms with Gasteiger partial charge in [0.05, 0.1) is 11.7 Å². The van der Waals surface area contributed by atoms with Gasteiger partial charge in [-0.1, -0.05) is 0 Å². The molecule has 1 amide bonds. The molecular formula is C15H23N3O3. The number of likely N-dealkylation sites (tertiary alicyclic amines) is 1. The molecule has 1 aromatic heterocycles. The van der Waals surface area contributed by atoms with Crippen LogP contribution in [0.3, 0.4) is 0 Å². The van der Waals surface area contributed by atoms with Crippen LogP contribution in [-0.2, 0) is 9.59 Å². The van der Waals surface area contributed by atoms with E-state index in [2.05, 4.69) is 5.10 Å². The summed E-state index contributed by atoms with van der Waals surface area (Å²) in [5.74, 6) is -0.996. The second-order valence-corrected chi connectivity index (χ2v) is 5.86. The monoisotopic (exact) mass is 293 g/mol. The summed E-state index contributed by atoms with van der Waals surface area (Å²) in [6.07, 6.45) is 2.58. The van der Waals surface area contributed by atoms with E-state index in [0.717, 1.165) is 24.2 Å². The maximum absolute atomic E-state index is 12.4. The van der Waals surface area contributed by atoms with Crippen molar-refractivity contribution in [1.29, 1.82) is 0 Å². The molecule has 1 aromatic rings. The Hall–Kier alpha value is -1.85. The normalized spacial score (nSPS) is 20.3. The summed E-state index contributed by atoms with van der Waals surface area (Å²) >= 11 is 0. The Morgan fingerprint density at radius 3 is 2.71 bits per heavy atom. The third-order valence-corrected chi connectivity index (χ3v) is 4.04. The van der Waals surface area contributed by atoms with E-state index >= 15 is 0 Å². The fraction of sp³-hybridized carbons (Fsp3) is 0.667. The lowest BCUT2D eigenvalue weighted by molar-refractivity contribution is -0.152. The molecule has 2 atom stereocenters. The summed E-state index contributed by atoms with van der Waals surface area (Å²) in [4.78, 5) is 25.2. The van der Waals surface area contributed by atoms with Crippen LogP contribution in [0.1, 0.15) is 50.0 Å². The van der Waals surface area contributed by atoms with Gasteiger partial charge in [0.2, 0.25) is 5.91 Å². The molecule has 2 heterocycles. The summed E-state index contributed by atoms with van der Waals surface area (Å²) in [5, 5.41) is 13.6. The fourth-order valence-corrected chi connectivity index (χ4v) is 3.04. The van der Waals surface area contributed by atoms with E-state index in [1.807, 2.05) is 31.5 Å². The van der Waals surface area contributed by atoms with Crippen molar-refractivity contribution in [1.82, 2.24) is 14.7 Å². The molecule has 21 heavy (non-hydrogen) atoms. The number of piperidine rings is 1. The van der Waals surface area contributed by atoms with Gasteiger partial charge in [-0.2, -0.15) is 5.10 Å². The summed E-state index contributed by atoms with van der Waals surface area (Å²) in [5.41, 5.74) is 1.94. The van der Waals surface area contributed by atoms with Gasteiger partial charge in [-0.25, -0.2) is 4.79 Å². The van der Waals surface area contributed by atoms with Gasteiger partial charge in [-0.15, -0.1) is 0 Å². The van der Waals surface area contributed by atoms with E-state index in [0.29, 0.717) is 13.0 Å². The van der Waals surface area contributed by atoms with E-state index in [4.69, 9.17) is 0 Å². The van der Waals surface area contributed by atoms with E-state index < -0.39 is 12.0 Å². The molecule has 116 valence electrons. The Morgan fingerprint density at radius 2 is 2.14 bits per heavy atom. The SMILES string of the molecule is Cc1cc(C)n(C(C)CC(=O)N2CCCCC2C(=O)O)n1. The molecule has 1 aliphatic heterocycles. The lowest BCUT2D eigenvalue weighted by Crippen LogP contribution is -2.48. The van der Waals surface area contributed by atoms with Crippen LogP contribution in [0, 0.1) is 13.8 Å². The number of carbonyl (C=O) groups is 2. The number of amides is 1. The topological polar surface area (TPSA) is 75.4 Å². The van der Waals surface area contributed by atoms with Gasteiger partial charge in [0.15, 0.2) is 0 Å². The molecule has 0 aliphatic carbocycles. The molecule has 0 spiro atoms. The molecule has 2 unspecified atom stereocenters. The molecule has 1 saturated heterocycles. The lowest BCUT2D eigenvalue weighted by atomic mass is 10.0. The Kier molecular flexibility index (Phi) is 4.65. The summed E-state index contributed by atoms with van der Waals surface area (Å²) in [6, 6.07) is 1.24. The van der Waals surface area contributed by atoms with Gasteiger partial charge >= 0.3 is 5.97 Å². The minimum atomic E-state index is -0.901. The zero-order valence-corrected chi connectivity index (χ0v) is 12.9. The van der Waals surface area contributed by atoms with Gasteiger partial charge in [0.1, 0.15) is 6.04 Å². The minimum Gasteiger partial charge on any atom is -0.480 e. The van der Waals surface area contributed by atoms with E-state index in [1.165, 1.54) is 4.90 Å². The molecule has 0 bridgehead atoms. The van der Waals surface area contributed by atoms with Crippen molar-refractivity contribution in [2.24, 2.45) is 0 Å². The largest absolute Gasteiger partial charge is 0.480 e. The van der Waals surface area contributed by atoms with Crippen molar-refractivity contribution in [3.8, 4) is 0 Å². The van der Waals surface area contributed by atoms with Crippen molar-refractivity contribution in [2.75, 3.05) is 6.54 Å². The number of rotatable bonds is 4. The number of carboxylic acids is 1. The first-order valence-electron chi connectivity index (χ1n) is 7.45. The lowest BCUT2D eigenvalue weighted by Gasteiger charge is -2.33. The number of aromatic nitrogens is 2. The number of aryl methyl sites for hydroxylation is 2. The third kappa shape index (κ3) is 3.43. The summed E-state index contributed by atoms with van der Waals surface area (Å²) < 4.78 is 1.84. The molecule has 0 aromatic carbocycles. The van der Waals surface area contributed by atoms with Crippen LogP contribution in [0.25, 0.3) is 0 Å². The van der Waals surface area contributed by atoms with Crippen LogP contribution in [0.5, 0.6) is 0 Å². The maximum Gasteiger partial charge on any atom is 0.326 e. The number of aliphatic carboxylic acids is 1. The van der Waals surface area contributed by atoms with Crippen LogP contribution in [0.4, 0.5) is 0 Å². The first-order chi connectivity index (χ1) is 9.90. The highest BCUT2D eigenvalue weighted by atomic mass is 16.4. The molecule has 1 aliphatic rings. The number of nitrogens with zero attached hydrogens (tertiary/aromatic N) is 3. The Labute approximate surface area is 124 Å². The molecular weight excluding hydrogens is 270 g/mol. The predicted octanol–water partition coefficient (Wildman–Crippen LogP) is 1.92. The maximum atomic E-state index is 12.4. The zero-order chi connectivity index (χ0) is 15.6. The standard InChI is InChI=1S/C15H23N3O3/c1-10-8-11(2)18(16-10)12(3)9-14(19)17-7-5-4-6-13(17)15(20)21/h8,12-13H,4-7,9H2,1-3H3,(H,20,21). The first kappa shape index (κ1) is 15.5. The predicted molar refractivity (Wildman–Crippen MR) is 78.0 cm³/mol. The number of carboxylic acid groups (broad SMARTS) is 1. The zero-order valence-electron chi connectivity index (χ0n) is 12.9. The van der Waals surface area contributed by atoms with E-state index in [1.54, 1.807) is 0 Å². The molecule has 6 nitrogen and oxygen atoms in total. The quantitative estimate of drug-likeness (QED) is 0.920. The van der Waals surface area contributed by atoms with Crippen molar-refractivity contribution >= 4 is 11.9 Å². The molecule has 6 heteroatoms. The molecule has 0 saturated carbocycles. The van der Waals surface area contributed by atoms with Crippen molar-refractivity contribution in [2.45, 2.75) is 58.5 Å². The number of hydrogen-bond acceptors (Lipinski definition) is 3. The second-order valence-electron chi connectivity index (χ2n) is 5.86. The molecule has 2 rings (SSSR count). The summed E-state index contributed by atoms with van der Waals surface area (Å²) in [7, 11) is 0. The Bertz CT molecular complexity index is 538. The van der Waals surface area contributed by atoms with Crippen molar-refractivity contribution in [3.05, 3.63) is 17.5 Å². The third-order valence-electron chi connectivity index (χ3n) is 4.04. The second kappa shape index (κ2) is 6.28. The van der Waals surface area contributed by atoms with Crippen LogP contribution < -0.4 is 0 Å². The molecule has 1 fully saturated rings. The van der Waals surface area contributed by atoms with Gasteiger partial charge in [0.25, 0.3) is 0 Å². The summed E-state index contributed by atoms with van der Waals surface area (Å²) in [6.45, 7) is 6.36. The average Bonchev–Trinajstić information content (AvgIpc) is 2.77. The van der Waals surface area contributed by atoms with Crippen molar-refractivity contribution in [3.63, 3.8) is 0 Å². The van der Waals surface area contributed by atoms with Crippen LogP contribution >= 0.6 is 0 Å². The van der Waals surface area contributed by atoms with Gasteiger partial charge in [0, 0.05) is 18.7 Å². The highest BCUT2D eigenvalue weighted by Crippen LogP contribution is 2.21. The van der Waals surface area contributed by atoms with Crippen LogP contribution in [0.15, 0.2) is 6.07 Å². The average molecular weight is 293 g/mol. The number of hydrogen-bond donors (Lipinski definition) is 1. The van der Waals surface area contributed by atoms with Crippen LogP contribution in [0.2, 0.25) is 0 Å². The first-order valence-corrected chi connectivity index (χ1v) is 7.45. The van der Waals surface area contributed by atoms with Gasteiger partial charge < -0.3 is 10.0 Å². The highest BCUT2D eigenvalue weighted by molar-refractivity contribution is 5.84. The minimum absolute atomic E-state index is 0.0671. The van der Waals surface area contributed by atoms with Crippen molar-refractivity contribution < 1.29 is 14.7 Å². The molecule has 1 N–H and O–H groups in total. The van der Waals surface area contributed by atoms with Gasteiger partial charge in [-0.3, -0.25) is 9.48 Å². The highest BCUT2D eigenvalue weighted by Gasteiger charge is 2.32. The van der Waals surface area contributed by atoms with Gasteiger partial charge in [-0.05, 0) is 46.1 Å². The Balaban J connectivity index is 2.06. The Morgan fingerprint density at radius 1 is 1.43 bits per heavy atom. The smallest absolute Gasteiger partial charge is 0.326 e. The number of carbonyl (C=O) groups excluding carboxylic acids is 1. The van der Waals surface area contributed by atoms with E-state index in [-0.39, 0.29) is 18.4 Å².